The van der Waals surface area contributed by atoms with E-state index in [2.05, 4.69) is 4.74 Å². The van der Waals surface area contributed by atoms with Crippen molar-refractivity contribution in [1.29, 1.82) is 0 Å². The summed E-state index contributed by atoms with van der Waals surface area (Å²) in [6.45, 7) is 7.26. The summed E-state index contributed by atoms with van der Waals surface area (Å²) in [4.78, 5) is 22.1. The first-order chi connectivity index (χ1) is 5.34. The first-order valence-electron chi connectivity index (χ1n) is 3.82. The van der Waals surface area contributed by atoms with Crippen LogP contribution in [0.25, 0.3) is 0 Å². The van der Waals surface area contributed by atoms with Crippen LogP contribution in [0, 0.1) is 5.41 Å². The summed E-state index contributed by atoms with van der Waals surface area (Å²) in [5.74, 6) is -1.00. The third kappa shape index (κ3) is 1.26. The molecule has 0 aliphatic carbocycles. The van der Waals surface area contributed by atoms with Crippen molar-refractivity contribution in [1.82, 2.24) is 0 Å². The Morgan fingerprint density at radius 3 is 1.75 bits per heavy atom. The molecule has 0 bridgehead atoms. The quantitative estimate of drug-likeness (QED) is 0.406. The van der Waals surface area contributed by atoms with Gasteiger partial charge < -0.3 is 4.74 Å². The molecule has 0 atom stereocenters. The normalized spacial score (nSPS) is 18.7. The topological polar surface area (TPSA) is 43.4 Å². The number of carbonyl (C=O) groups is 2. The molecular formula is C9H12O3. The fraction of sp³-hybridized carbons (Fsp3) is 0.556. The van der Waals surface area contributed by atoms with Crippen molar-refractivity contribution in [2.24, 2.45) is 5.41 Å². The van der Waals surface area contributed by atoms with E-state index in [-0.39, 0.29) is 5.41 Å². The van der Waals surface area contributed by atoms with Crippen molar-refractivity contribution < 1.29 is 14.3 Å². The molecule has 0 saturated carbocycles. The maximum absolute atomic E-state index is 11.1. The highest BCUT2D eigenvalue weighted by molar-refractivity contribution is 6.12. The van der Waals surface area contributed by atoms with E-state index < -0.39 is 11.9 Å². The molecule has 3 heteroatoms. The van der Waals surface area contributed by atoms with Crippen LogP contribution < -0.4 is 0 Å². The molecule has 1 heterocycles. The van der Waals surface area contributed by atoms with Crippen LogP contribution in [0.2, 0.25) is 0 Å². The zero-order valence-corrected chi connectivity index (χ0v) is 7.72. The highest BCUT2D eigenvalue weighted by atomic mass is 16.6. The summed E-state index contributed by atoms with van der Waals surface area (Å²) in [5.41, 5.74) is 0.618. The van der Waals surface area contributed by atoms with E-state index in [1.54, 1.807) is 6.92 Å². The Balaban J connectivity index is 3.18. The summed E-state index contributed by atoms with van der Waals surface area (Å²) in [6.07, 6.45) is 0. The predicted octanol–water partition coefficient (Wildman–Crippen LogP) is 1.43. The molecule has 1 aliphatic heterocycles. The highest BCUT2D eigenvalue weighted by Crippen LogP contribution is 2.33. The lowest BCUT2D eigenvalue weighted by atomic mass is 9.84. The zero-order chi connectivity index (χ0) is 9.52. The van der Waals surface area contributed by atoms with Crippen molar-refractivity contribution >= 4 is 11.9 Å². The SMILES string of the molecule is CC1=C(C(C)(C)C)C(=O)OC1=O. The van der Waals surface area contributed by atoms with E-state index in [0.717, 1.165) is 0 Å². The average molecular weight is 168 g/mol. The zero-order valence-electron chi connectivity index (χ0n) is 7.72. The van der Waals surface area contributed by atoms with Crippen LogP contribution in [0.5, 0.6) is 0 Å². The van der Waals surface area contributed by atoms with Gasteiger partial charge in [0.15, 0.2) is 0 Å². The van der Waals surface area contributed by atoms with E-state index >= 15 is 0 Å². The van der Waals surface area contributed by atoms with Crippen LogP contribution in [0.1, 0.15) is 27.7 Å². The van der Waals surface area contributed by atoms with Crippen LogP contribution in [0.15, 0.2) is 11.1 Å². The highest BCUT2D eigenvalue weighted by Gasteiger charge is 2.36. The summed E-state index contributed by atoms with van der Waals surface area (Å²) in [6, 6.07) is 0. The molecule has 12 heavy (non-hydrogen) atoms. The fourth-order valence-electron chi connectivity index (χ4n) is 1.34. The molecule has 0 spiro atoms. The molecule has 3 nitrogen and oxygen atoms in total. The number of esters is 2. The van der Waals surface area contributed by atoms with Gasteiger partial charge in [-0.15, -0.1) is 0 Å². The maximum atomic E-state index is 11.1. The molecule has 0 aromatic rings. The standard InChI is InChI=1S/C9H12O3/c1-5-6(9(2,3)4)8(11)12-7(5)10/h1-4H3. The van der Waals surface area contributed by atoms with Crippen molar-refractivity contribution in [3.8, 4) is 0 Å². The molecular weight excluding hydrogens is 156 g/mol. The van der Waals surface area contributed by atoms with Crippen LogP contribution in [0.3, 0.4) is 0 Å². The minimum Gasteiger partial charge on any atom is -0.386 e. The molecule has 1 aliphatic rings. The first kappa shape index (κ1) is 8.97. The van der Waals surface area contributed by atoms with Crippen LogP contribution in [-0.2, 0) is 14.3 Å². The lowest BCUT2D eigenvalue weighted by Gasteiger charge is -2.17. The molecule has 0 fully saturated rings. The minimum atomic E-state index is -0.509. The van der Waals surface area contributed by atoms with Gasteiger partial charge in [-0.2, -0.15) is 0 Å². The van der Waals surface area contributed by atoms with Gasteiger partial charge in [-0.1, -0.05) is 20.8 Å². The summed E-state index contributed by atoms with van der Waals surface area (Å²) in [5, 5.41) is 0. The first-order valence-corrected chi connectivity index (χ1v) is 3.82. The Labute approximate surface area is 71.4 Å². The molecule has 0 N–H and O–H groups in total. The molecule has 0 amide bonds. The van der Waals surface area contributed by atoms with Gasteiger partial charge >= 0.3 is 11.9 Å². The third-order valence-electron chi connectivity index (χ3n) is 1.82. The van der Waals surface area contributed by atoms with Gasteiger partial charge in [-0.3, -0.25) is 0 Å². The Kier molecular flexibility index (Phi) is 1.82. The molecule has 0 aromatic heterocycles. The van der Waals surface area contributed by atoms with Crippen molar-refractivity contribution in [2.75, 3.05) is 0 Å². The fourth-order valence-corrected chi connectivity index (χ4v) is 1.34. The van der Waals surface area contributed by atoms with Gasteiger partial charge in [0.1, 0.15) is 0 Å². The van der Waals surface area contributed by atoms with Gasteiger partial charge in [0.25, 0.3) is 0 Å². The van der Waals surface area contributed by atoms with Crippen LogP contribution in [0.4, 0.5) is 0 Å². The van der Waals surface area contributed by atoms with Gasteiger partial charge in [0.2, 0.25) is 0 Å². The molecule has 0 radical (unpaired) electrons. The minimum absolute atomic E-state index is 0.312. The van der Waals surface area contributed by atoms with Crippen molar-refractivity contribution in [2.45, 2.75) is 27.7 Å². The maximum Gasteiger partial charge on any atom is 0.342 e. The second-order valence-electron chi connectivity index (χ2n) is 3.93. The van der Waals surface area contributed by atoms with Crippen LogP contribution >= 0.6 is 0 Å². The number of carbonyl (C=O) groups excluding carboxylic acids is 2. The van der Waals surface area contributed by atoms with Crippen molar-refractivity contribution in [3.63, 3.8) is 0 Å². The number of ether oxygens (including phenoxy) is 1. The summed E-state index contributed by atoms with van der Waals surface area (Å²) >= 11 is 0. The molecule has 0 unspecified atom stereocenters. The van der Waals surface area contributed by atoms with Crippen LogP contribution in [-0.4, -0.2) is 11.9 Å². The number of cyclic esters (lactones) is 2. The van der Waals surface area contributed by atoms with E-state index in [1.807, 2.05) is 20.8 Å². The average Bonchev–Trinajstić information content (AvgIpc) is 2.05. The van der Waals surface area contributed by atoms with Gasteiger partial charge in [-0.05, 0) is 12.3 Å². The lowest BCUT2D eigenvalue weighted by molar-refractivity contribution is -0.151. The molecule has 0 saturated heterocycles. The number of rotatable bonds is 0. The smallest absolute Gasteiger partial charge is 0.342 e. The van der Waals surface area contributed by atoms with Gasteiger partial charge in [0.05, 0.1) is 5.57 Å². The predicted molar refractivity (Wildman–Crippen MR) is 43.3 cm³/mol. The second-order valence-corrected chi connectivity index (χ2v) is 3.93. The lowest BCUT2D eigenvalue weighted by Crippen LogP contribution is -2.16. The van der Waals surface area contributed by atoms with E-state index in [4.69, 9.17) is 0 Å². The van der Waals surface area contributed by atoms with E-state index in [0.29, 0.717) is 11.1 Å². The summed E-state index contributed by atoms with van der Waals surface area (Å²) < 4.78 is 4.46. The van der Waals surface area contributed by atoms with Crippen molar-refractivity contribution in [3.05, 3.63) is 11.1 Å². The molecule has 0 aromatic carbocycles. The number of hydrogen-bond acceptors (Lipinski definition) is 3. The molecule has 1 rings (SSSR count). The molecule has 66 valence electrons. The largest absolute Gasteiger partial charge is 0.386 e. The Hall–Kier alpha value is -1.12. The Morgan fingerprint density at radius 1 is 1.08 bits per heavy atom. The number of hydrogen-bond donors (Lipinski definition) is 0. The van der Waals surface area contributed by atoms with Gasteiger partial charge in [-0.25, -0.2) is 9.59 Å². The van der Waals surface area contributed by atoms with Gasteiger partial charge in [0, 0.05) is 5.57 Å². The Bertz CT molecular complexity index is 279. The third-order valence-corrected chi connectivity index (χ3v) is 1.82. The summed E-state index contributed by atoms with van der Waals surface area (Å²) in [7, 11) is 0. The monoisotopic (exact) mass is 168 g/mol. The Morgan fingerprint density at radius 2 is 1.58 bits per heavy atom. The van der Waals surface area contributed by atoms with E-state index in [1.165, 1.54) is 0 Å². The second kappa shape index (κ2) is 2.44. The van der Waals surface area contributed by atoms with E-state index in [9.17, 15) is 9.59 Å².